The molecule has 7 heteroatoms. The second-order valence-electron chi connectivity index (χ2n) is 5.09. The highest BCUT2D eigenvalue weighted by Gasteiger charge is 2.25. The van der Waals surface area contributed by atoms with E-state index < -0.39 is 18.0 Å². The SMILES string of the molecule is CC(C)NC(=O)CN(C)C(=O)N[C@@H](C(=O)O)C(C)C. The maximum atomic E-state index is 11.8. The Balaban J connectivity index is 4.41. The van der Waals surface area contributed by atoms with Gasteiger partial charge in [0.25, 0.3) is 0 Å². The van der Waals surface area contributed by atoms with Gasteiger partial charge in [-0.3, -0.25) is 4.79 Å². The standard InChI is InChI=1S/C12H23N3O4/c1-7(2)10(11(17)18)14-12(19)15(5)6-9(16)13-8(3)4/h7-8,10H,6H2,1-5H3,(H,13,16)(H,14,19)(H,17,18)/t10-/m1/s1. The molecule has 0 aromatic rings. The molecule has 0 fully saturated rings. The van der Waals surface area contributed by atoms with Crippen molar-refractivity contribution in [1.29, 1.82) is 0 Å². The molecule has 0 saturated carbocycles. The number of amides is 3. The Morgan fingerprint density at radius 3 is 2.00 bits per heavy atom. The van der Waals surface area contributed by atoms with E-state index >= 15 is 0 Å². The summed E-state index contributed by atoms with van der Waals surface area (Å²) in [6, 6.07) is -1.56. The van der Waals surface area contributed by atoms with Crippen LogP contribution in [0.15, 0.2) is 0 Å². The summed E-state index contributed by atoms with van der Waals surface area (Å²) in [6.07, 6.45) is 0. The summed E-state index contributed by atoms with van der Waals surface area (Å²) in [7, 11) is 1.44. The van der Waals surface area contributed by atoms with Gasteiger partial charge in [-0.15, -0.1) is 0 Å². The first-order valence-electron chi connectivity index (χ1n) is 6.19. The van der Waals surface area contributed by atoms with Crippen LogP contribution in [0.4, 0.5) is 4.79 Å². The molecule has 0 unspecified atom stereocenters. The molecule has 0 radical (unpaired) electrons. The lowest BCUT2D eigenvalue weighted by atomic mass is 10.1. The molecule has 0 rings (SSSR count). The molecule has 0 saturated heterocycles. The summed E-state index contributed by atoms with van der Waals surface area (Å²) in [4.78, 5) is 35.3. The fraction of sp³-hybridized carbons (Fsp3) is 0.750. The van der Waals surface area contributed by atoms with Crippen LogP contribution in [0.25, 0.3) is 0 Å². The average molecular weight is 273 g/mol. The van der Waals surface area contributed by atoms with Crippen LogP contribution < -0.4 is 10.6 Å². The van der Waals surface area contributed by atoms with E-state index in [9.17, 15) is 14.4 Å². The van der Waals surface area contributed by atoms with Gasteiger partial charge in [0.05, 0.1) is 0 Å². The van der Waals surface area contributed by atoms with E-state index in [2.05, 4.69) is 10.6 Å². The summed E-state index contributed by atoms with van der Waals surface area (Å²) >= 11 is 0. The Morgan fingerprint density at radius 1 is 1.11 bits per heavy atom. The molecular weight excluding hydrogens is 250 g/mol. The van der Waals surface area contributed by atoms with Crippen LogP contribution in [0.1, 0.15) is 27.7 Å². The van der Waals surface area contributed by atoms with Crippen LogP contribution in [-0.4, -0.2) is 53.6 Å². The Bertz CT molecular complexity index is 342. The fourth-order valence-corrected chi connectivity index (χ4v) is 1.41. The Hall–Kier alpha value is -1.79. The molecule has 3 N–H and O–H groups in total. The van der Waals surface area contributed by atoms with E-state index in [0.717, 1.165) is 4.90 Å². The van der Waals surface area contributed by atoms with Gasteiger partial charge in [-0.05, 0) is 19.8 Å². The molecule has 3 amide bonds. The van der Waals surface area contributed by atoms with Crippen LogP contribution in [0.5, 0.6) is 0 Å². The highest BCUT2D eigenvalue weighted by atomic mass is 16.4. The lowest BCUT2D eigenvalue weighted by molar-refractivity contribution is -0.140. The van der Waals surface area contributed by atoms with Crippen molar-refractivity contribution in [2.24, 2.45) is 5.92 Å². The zero-order valence-electron chi connectivity index (χ0n) is 12.1. The number of urea groups is 1. The lowest BCUT2D eigenvalue weighted by Gasteiger charge is -2.23. The van der Waals surface area contributed by atoms with Crippen LogP contribution in [0.3, 0.4) is 0 Å². The summed E-state index contributed by atoms with van der Waals surface area (Å²) in [5, 5.41) is 14.0. The number of carboxylic acid groups (broad SMARTS) is 1. The molecule has 7 nitrogen and oxygen atoms in total. The molecule has 0 aliphatic heterocycles. The minimum atomic E-state index is -1.09. The van der Waals surface area contributed by atoms with Crippen molar-refractivity contribution in [2.45, 2.75) is 39.8 Å². The average Bonchev–Trinajstić information content (AvgIpc) is 2.22. The van der Waals surface area contributed by atoms with Crippen molar-refractivity contribution in [1.82, 2.24) is 15.5 Å². The molecule has 0 aliphatic carbocycles. The van der Waals surface area contributed by atoms with Crippen LogP contribution in [-0.2, 0) is 9.59 Å². The number of nitrogens with zero attached hydrogens (tertiary/aromatic N) is 1. The van der Waals surface area contributed by atoms with Gasteiger partial charge < -0.3 is 20.6 Å². The van der Waals surface area contributed by atoms with Gasteiger partial charge in [0.15, 0.2) is 0 Å². The van der Waals surface area contributed by atoms with Crippen molar-refractivity contribution in [3.8, 4) is 0 Å². The number of likely N-dealkylation sites (N-methyl/N-ethyl adjacent to an activating group) is 1. The van der Waals surface area contributed by atoms with Gasteiger partial charge in [0.1, 0.15) is 12.6 Å². The Kier molecular flexibility index (Phi) is 6.89. The minimum Gasteiger partial charge on any atom is -0.480 e. The number of carboxylic acids is 1. The predicted molar refractivity (Wildman–Crippen MR) is 70.7 cm³/mol. The van der Waals surface area contributed by atoms with E-state index in [4.69, 9.17) is 5.11 Å². The van der Waals surface area contributed by atoms with Gasteiger partial charge in [0, 0.05) is 13.1 Å². The Morgan fingerprint density at radius 2 is 1.63 bits per heavy atom. The van der Waals surface area contributed by atoms with Crippen LogP contribution >= 0.6 is 0 Å². The molecule has 0 spiro atoms. The molecule has 0 aromatic heterocycles. The van der Waals surface area contributed by atoms with Crippen LogP contribution in [0.2, 0.25) is 0 Å². The first-order chi connectivity index (χ1) is 8.65. The van der Waals surface area contributed by atoms with E-state index in [0.29, 0.717) is 0 Å². The predicted octanol–water partition coefficient (Wildman–Crippen LogP) is 0.262. The largest absolute Gasteiger partial charge is 0.480 e. The van der Waals surface area contributed by atoms with Gasteiger partial charge in [0.2, 0.25) is 5.91 Å². The number of rotatable bonds is 6. The first kappa shape index (κ1) is 17.2. The van der Waals surface area contributed by atoms with E-state index in [1.807, 2.05) is 13.8 Å². The fourth-order valence-electron chi connectivity index (χ4n) is 1.41. The van der Waals surface area contributed by atoms with Crippen molar-refractivity contribution in [3.05, 3.63) is 0 Å². The van der Waals surface area contributed by atoms with Gasteiger partial charge >= 0.3 is 12.0 Å². The normalized spacial score (nSPS) is 12.2. The zero-order valence-corrected chi connectivity index (χ0v) is 12.1. The van der Waals surface area contributed by atoms with Crippen molar-refractivity contribution < 1.29 is 19.5 Å². The summed E-state index contributed by atoms with van der Waals surface area (Å²) in [5.41, 5.74) is 0. The quantitative estimate of drug-likeness (QED) is 0.646. The van der Waals surface area contributed by atoms with Gasteiger partial charge in [-0.2, -0.15) is 0 Å². The summed E-state index contributed by atoms with van der Waals surface area (Å²) < 4.78 is 0. The first-order valence-corrected chi connectivity index (χ1v) is 6.19. The van der Waals surface area contributed by atoms with E-state index in [1.165, 1.54) is 7.05 Å². The molecule has 110 valence electrons. The molecular formula is C12H23N3O4. The summed E-state index contributed by atoms with van der Waals surface area (Å²) in [6.45, 7) is 6.91. The van der Waals surface area contributed by atoms with Crippen LogP contribution in [0, 0.1) is 5.92 Å². The molecule has 0 aliphatic rings. The second-order valence-corrected chi connectivity index (χ2v) is 5.09. The molecule has 0 heterocycles. The number of hydrogen-bond donors (Lipinski definition) is 3. The molecule has 1 atom stereocenters. The third-order valence-corrected chi connectivity index (χ3v) is 2.39. The molecule has 0 bridgehead atoms. The number of carbonyl (C=O) groups is 3. The topological polar surface area (TPSA) is 98.7 Å². The molecule has 0 aromatic carbocycles. The monoisotopic (exact) mass is 273 g/mol. The second kappa shape index (κ2) is 7.60. The number of aliphatic carboxylic acids is 1. The number of nitrogens with one attached hydrogen (secondary N) is 2. The highest BCUT2D eigenvalue weighted by molar-refractivity contribution is 5.86. The zero-order chi connectivity index (χ0) is 15.2. The molecule has 19 heavy (non-hydrogen) atoms. The Labute approximate surface area is 113 Å². The third kappa shape index (κ3) is 6.64. The van der Waals surface area contributed by atoms with Gasteiger partial charge in [-0.1, -0.05) is 13.8 Å². The highest BCUT2D eigenvalue weighted by Crippen LogP contribution is 2.02. The van der Waals surface area contributed by atoms with Crippen molar-refractivity contribution in [2.75, 3.05) is 13.6 Å². The minimum absolute atomic E-state index is 0.00797. The van der Waals surface area contributed by atoms with Crippen molar-refractivity contribution in [3.63, 3.8) is 0 Å². The van der Waals surface area contributed by atoms with E-state index in [1.54, 1.807) is 13.8 Å². The van der Waals surface area contributed by atoms with Gasteiger partial charge in [-0.25, -0.2) is 9.59 Å². The number of hydrogen-bond acceptors (Lipinski definition) is 3. The van der Waals surface area contributed by atoms with Crippen molar-refractivity contribution >= 4 is 17.9 Å². The van der Waals surface area contributed by atoms with E-state index in [-0.39, 0.29) is 24.4 Å². The maximum Gasteiger partial charge on any atom is 0.326 e. The number of carbonyl (C=O) groups excluding carboxylic acids is 2. The maximum absolute atomic E-state index is 11.8. The lowest BCUT2D eigenvalue weighted by Crippen LogP contribution is -2.51. The summed E-state index contributed by atoms with van der Waals surface area (Å²) in [5.74, 6) is -1.62. The smallest absolute Gasteiger partial charge is 0.326 e. The third-order valence-electron chi connectivity index (χ3n) is 2.39.